The molecule has 6 nitrogen and oxygen atoms in total. The fourth-order valence-electron chi connectivity index (χ4n) is 3.74. The van der Waals surface area contributed by atoms with E-state index in [9.17, 15) is 14.0 Å². The van der Waals surface area contributed by atoms with Crippen molar-refractivity contribution in [2.75, 3.05) is 33.3 Å². The number of amides is 2. The topological polar surface area (TPSA) is 61.9 Å². The van der Waals surface area contributed by atoms with Gasteiger partial charge >= 0.3 is 12.0 Å². The third-order valence-corrected chi connectivity index (χ3v) is 5.53. The first-order valence-corrected chi connectivity index (χ1v) is 9.83. The van der Waals surface area contributed by atoms with Gasteiger partial charge in [-0.15, -0.1) is 0 Å². The highest BCUT2D eigenvalue weighted by Crippen LogP contribution is 2.32. The smallest absolute Gasteiger partial charge is 0.338 e. The number of urea groups is 1. The zero-order valence-electron chi connectivity index (χ0n) is 16.7. The Morgan fingerprint density at radius 3 is 2.50 bits per heavy atom. The molecule has 0 saturated carbocycles. The van der Waals surface area contributed by atoms with Crippen molar-refractivity contribution in [1.82, 2.24) is 15.1 Å². The van der Waals surface area contributed by atoms with Crippen LogP contribution in [0.3, 0.4) is 0 Å². The number of rotatable bonds is 5. The molecule has 2 amide bonds. The Balaban J connectivity index is 2.00. The molecule has 1 N–H and O–H groups in total. The third kappa shape index (κ3) is 4.35. The van der Waals surface area contributed by atoms with Gasteiger partial charge in [0.15, 0.2) is 0 Å². The summed E-state index contributed by atoms with van der Waals surface area (Å²) in [5.74, 6) is -0.134. The van der Waals surface area contributed by atoms with E-state index in [0.29, 0.717) is 29.3 Å². The number of carbonyl (C=O) groups is 2. The van der Waals surface area contributed by atoms with Crippen molar-refractivity contribution in [3.63, 3.8) is 0 Å². The van der Waals surface area contributed by atoms with E-state index in [-0.39, 0.29) is 18.5 Å². The summed E-state index contributed by atoms with van der Waals surface area (Å²) < 4.78 is 18.7. The lowest BCUT2D eigenvalue weighted by Crippen LogP contribution is -2.50. The van der Waals surface area contributed by atoms with Crippen LogP contribution in [0.15, 0.2) is 35.5 Å². The number of hydrogen-bond acceptors (Lipinski definition) is 4. The van der Waals surface area contributed by atoms with E-state index in [4.69, 9.17) is 4.74 Å². The molecule has 2 aliphatic heterocycles. The molecule has 3 rings (SSSR count). The lowest BCUT2D eigenvalue weighted by atomic mass is 9.93. The molecular weight excluding hydrogens is 361 g/mol. The second-order valence-corrected chi connectivity index (χ2v) is 7.53. The second-order valence-electron chi connectivity index (χ2n) is 7.53. The zero-order chi connectivity index (χ0) is 20.3. The number of likely N-dealkylation sites (tertiary alicyclic amines) is 1. The maximum absolute atomic E-state index is 13.4. The Bertz CT molecular complexity index is 755. The number of nitrogens with one attached hydrogen (secondary N) is 1. The molecule has 0 aromatic heterocycles. The van der Waals surface area contributed by atoms with Crippen LogP contribution in [0.2, 0.25) is 0 Å². The number of likely N-dealkylation sites (N-methyl/N-ethyl adjacent to an activating group) is 1. The molecule has 2 heterocycles. The minimum absolute atomic E-state index is 0.241. The number of carbonyl (C=O) groups excluding carboxylic acids is 2. The quantitative estimate of drug-likeness (QED) is 0.787. The molecule has 0 bridgehead atoms. The summed E-state index contributed by atoms with van der Waals surface area (Å²) in [5, 5.41) is 2.85. The highest BCUT2D eigenvalue weighted by Gasteiger charge is 2.37. The van der Waals surface area contributed by atoms with Crippen molar-refractivity contribution in [3.8, 4) is 0 Å². The molecular formula is C21H28FN3O3. The van der Waals surface area contributed by atoms with Crippen LogP contribution in [0.5, 0.6) is 0 Å². The van der Waals surface area contributed by atoms with E-state index in [1.54, 1.807) is 26.1 Å². The zero-order valence-corrected chi connectivity index (χ0v) is 16.7. The maximum Gasteiger partial charge on any atom is 0.338 e. The van der Waals surface area contributed by atoms with Crippen molar-refractivity contribution in [1.29, 1.82) is 0 Å². The molecule has 0 spiro atoms. The number of hydrogen-bond donors (Lipinski definition) is 1. The average molecular weight is 389 g/mol. The molecule has 2 aliphatic rings. The van der Waals surface area contributed by atoms with E-state index >= 15 is 0 Å². The van der Waals surface area contributed by atoms with Crippen LogP contribution in [0.4, 0.5) is 9.18 Å². The highest BCUT2D eigenvalue weighted by molar-refractivity contribution is 5.95. The molecule has 0 radical (unpaired) electrons. The van der Waals surface area contributed by atoms with Crippen LogP contribution < -0.4 is 5.32 Å². The average Bonchev–Trinajstić information content (AvgIpc) is 2.67. The Kier molecular flexibility index (Phi) is 6.34. The summed E-state index contributed by atoms with van der Waals surface area (Å²) in [4.78, 5) is 29.2. The van der Waals surface area contributed by atoms with Gasteiger partial charge < -0.3 is 10.1 Å². The maximum atomic E-state index is 13.4. The van der Waals surface area contributed by atoms with Gasteiger partial charge in [0.2, 0.25) is 0 Å². The molecule has 152 valence electrons. The molecule has 1 atom stereocenters. The van der Waals surface area contributed by atoms with Gasteiger partial charge in [-0.25, -0.2) is 14.0 Å². The molecule has 1 aromatic rings. The van der Waals surface area contributed by atoms with Crippen LogP contribution in [0, 0.1) is 11.7 Å². The monoisotopic (exact) mass is 389 g/mol. The van der Waals surface area contributed by atoms with Gasteiger partial charge in [-0.2, -0.15) is 0 Å². The molecule has 1 aromatic carbocycles. The van der Waals surface area contributed by atoms with Gasteiger partial charge in [-0.05, 0) is 56.5 Å². The summed E-state index contributed by atoms with van der Waals surface area (Å²) in [6, 6.07) is 4.88. The number of ether oxygens (including phenoxy) is 1. The predicted octanol–water partition coefficient (Wildman–Crippen LogP) is 3.07. The Morgan fingerprint density at radius 1 is 1.25 bits per heavy atom. The molecule has 1 fully saturated rings. The highest BCUT2D eigenvalue weighted by atomic mass is 19.1. The second kappa shape index (κ2) is 8.73. The van der Waals surface area contributed by atoms with Crippen molar-refractivity contribution in [2.45, 2.75) is 32.7 Å². The van der Waals surface area contributed by atoms with Crippen LogP contribution in [0.25, 0.3) is 0 Å². The lowest BCUT2D eigenvalue weighted by Gasteiger charge is -2.38. The first kappa shape index (κ1) is 20.3. The molecule has 7 heteroatoms. The van der Waals surface area contributed by atoms with Crippen molar-refractivity contribution in [3.05, 3.63) is 46.9 Å². The van der Waals surface area contributed by atoms with Crippen LogP contribution in [0.1, 0.15) is 38.3 Å². The van der Waals surface area contributed by atoms with Crippen LogP contribution in [-0.4, -0.2) is 55.1 Å². The Labute approximate surface area is 165 Å². The normalized spacial score (nSPS) is 21.6. The first-order chi connectivity index (χ1) is 13.4. The summed E-state index contributed by atoms with van der Waals surface area (Å²) in [6.45, 7) is 6.59. The fraction of sp³-hybridized carbons (Fsp3) is 0.524. The summed E-state index contributed by atoms with van der Waals surface area (Å²) in [6.07, 6.45) is 2.19. The van der Waals surface area contributed by atoms with Gasteiger partial charge in [0.25, 0.3) is 0 Å². The van der Waals surface area contributed by atoms with E-state index in [1.165, 1.54) is 17.0 Å². The number of halogens is 1. The van der Waals surface area contributed by atoms with Crippen LogP contribution in [-0.2, 0) is 9.53 Å². The van der Waals surface area contributed by atoms with Crippen molar-refractivity contribution < 1.29 is 18.7 Å². The van der Waals surface area contributed by atoms with Gasteiger partial charge in [-0.1, -0.05) is 19.1 Å². The summed E-state index contributed by atoms with van der Waals surface area (Å²) in [5.41, 5.74) is 1.70. The SMILES string of the molecule is CCOC(=O)C1=C(CN2CCC(C)CC2)N(C)C(=O)N[C@@H]1c1ccc(F)cc1. The number of piperidine rings is 1. The van der Waals surface area contributed by atoms with Gasteiger partial charge in [-0.3, -0.25) is 9.80 Å². The fourth-order valence-corrected chi connectivity index (χ4v) is 3.74. The molecule has 1 saturated heterocycles. The van der Waals surface area contributed by atoms with Crippen molar-refractivity contribution in [2.24, 2.45) is 5.92 Å². The van der Waals surface area contributed by atoms with Gasteiger partial charge in [0, 0.05) is 19.3 Å². The first-order valence-electron chi connectivity index (χ1n) is 9.83. The summed E-state index contributed by atoms with van der Waals surface area (Å²) >= 11 is 0. The minimum atomic E-state index is -0.665. The number of benzene rings is 1. The largest absolute Gasteiger partial charge is 0.463 e. The predicted molar refractivity (Wildman–Crippen MR) is 104 cm³/mol. The number of nitrogens with zero attached hydrogens (tertiary/aromatic N) is 2. The Hall–Kier alpha value is -2.41. The van der Waals surface area contributed by atoms with Gasteiger partial charge in [0.1, 0.15) is 5.82 Å². The minimum Gasteiger partial charge on any atom is -0.463 e. The van der Waals surface area contributed by atoms with E-state index in [0.717, 1.165) is 25.9 Å². The lowest BCUT2D eigenvalue weighted by molar-refractivity contribution is -0.139. The van der Waals surface area contributed by atoms with E-state index in [2.05, 4.69) is 17.1 Å². The molecule has 0 aliphatic carbocycles. The number of esters is 1. The van der Waals surface area contributed by atoms with E-state index < -0.39 is 12.0 Å². The van der Waals surface area contributed by atoms with Crippen LogP contribution >= 0.6 is 0 Å². The third-order valence-electron chi connectivity index (χ3n) is 5.53. The van der Waals surface area contributed by atoms with E-state index in [1.807, 2.05) is 0 Å². The molecule has 0 unspecified atom stereocenters. The van der Waals surface area contributed by atoms with Gasteiger partial charge in [0.05, 0.1) is 18.2 Å². The standard InChI is InChI=1S/C21H28FN3O3/c1-4-28-20(26)18-17(13-25-11-9-14(2)10-12-25)24(3)21(27)23-19(18)15-5-7-16(22)8-6-15/h5-8,14,19H,4,9-13H2,1-3H3,(H,23,27)/t19-/m1/s1. The molecule has 28 heavy (non-hydrogen) atoms. The van der Waals surface area contributed by atoms with Crippen molar-refractivity contribution >= 4 is 12.0 Å². The Morgan fingerprint density at radius 2 is 1.89 bits per heavy atom. The summed E-state index contributed by atoms with van der Waals surface area (Å²) in [7, 11) is 1.66.